The molecule has 98 valence electrons. The molecule has 0 aliphatic carbocycles. The molecule has 0 aromatic rings. The van der Waals surface area contributed by atoms with Crippen molar-refractivity contribution < 1.29 is 33.6 Å². The molecule has 0 aromatic carbocycles. The monoisotopic (exact) mass is 267 g/mol. The molecule has 17 heavy (non-hydrogen) atoms. The number of carbonyl (C=O) groups is 2. The molecule has 0 saturated carbocycles. The van der Waals surface area contributed by atoms with Gasteiger partial charge in [0.05, 0.1) is 6.61 Å². The minimum absolute atomic E-state index is 0.0465. The number of carbonyl (C=O) groups excluding carboxylic acids is 1. The molecule has 0 fully saturated rings. The number of hydrogen-bond acceptors (Lipinski definition) is 6. The molecule has 0 radical (unpaired) electrons. The van der Waals surface area contributed by atoms with Crippen LogP contribution in [0.25, 0.3) is 0 Å². The summed E-state index contributed by atoms with van der Waals surface area (Å²) in [6.07, 6.45) is 0.0777. The van der Waals surface area contributed by atoms with E-state index < -0.39 is 26.1 Å². The van der Waals surface area contributed by atoms with Gasteiger partial charge in [0.25, 0.3) is 0 Å². The van der Waals surface area contributed by atoms with Crippen LogP contribution in [0.4, 0.5) is 0 Å². The summed E-state index contributed by atoms with van der Waals surface area (Å²) >= 11 is 0. The van der Waals surface area contributed by atoms with Gasteiger partial charge in [-0.1, -0.05) is 6.58 Å². The van der Waals surface area contributed by atoms with Gasteiger partial charge in [0.15, 0.2) is 6.66 Å². The Morgan fingerprint density at radius 3 is 2.29 bits per heavy atom. The first-order valence-electron chi connectivity index (χ1n) is 4.55. The number of carboxylic acid groups (broad SMARTS) is 1. The third-order valence-corrected chi connectivity index (χ3v) is 1.77. The lowest BCUT2D eigenvalue weighted by Gasteiger charge is -1.94. The van der Waals surface area contributed by atoms with Crippen molar-refractivity contribution in [1.29, 1.82) is 0 Å². The average Bonchev–Trinajstić information content (AvgIpc) is 2.25. The molecule has 0 saturated heterocycles. The summed E-state index contributed by atoms with van der Waals surface area (Å²) in [4.78, 5) is 20.1. The van der Waals surface area contributed by atoms with Crippen molar-refractivity contribution in [2.75, 3.05) is 19.9 Å². The van der Waals surface area contributed by atoms with Gasteiger partial charge in [-0.05, 0) is 11.5 Å². The van der Waals surface area contributed by atoms with E-state index in [4.69, 9.17) is 10.2 Å². The number of rotatable bonds is 6. The predicted octanol–water partition coefficient (Wildman–Crippen LogP) is 0.556. The highest BCUT2D eigenvalue weighted by atomic mass is 31.1. The van der Waals surface area contributed by atoms with Crippen molar-refractivity contribution in [3.8, 4) is 0 Å². The van der Waals surface area contributed by atoms with Crippen LogP contribution in [-0.2, 0) is 23.4 Å². The molecule has 0 heterocycles. The van der Waals surface area contributed by atoms with Gasteiger partial charge in [0.2, 0.25) is 6.10 Å². The Hall–Kier alpha value is -1.30. The number of carboxylic acids is 1. The Morgan fingerprint density at radius 2 is 2.06 bits per heavy atom. The largest absolute Gasteiger partial charge is 0.505 e. The summed E-state index contributed by atoms with van der Waals surface area (Å²) in [6.45, 7) is 5.71. The third kappa shape index (κ3) is 14.7. The molecule has 2 atom stereocenters. The molecule has 2 N–H and O–H groups in total. The molecular weight excluding hydrogens is 251 g/mol. The van der Waals surface area contributed by atoms with Crippen LogP contribution in [0, 0.1) is 0 Å². The molecule has 0 amide bonds. The molecule has 7 nitrogen and oxygen atoms in total. The van der Waals surface area contributed by atoms with Crippen LogP contribution in [0.2, 0.25) is 0 Å². The van der Waals surface area contributed by atoms with Gasteiger partial charge in [0.1, 0.15) is 6.61 Å². The van der Waals surface area contributed by atoms with Crippen LogP contribution in [0.3, 0.4) is 0 Å². The zero-order valence-corrected chi connectivity index (χ0v) is 10.6. The van der Waals surface area contributed by atoms with Crippen molar-refractivity contribution in [2.24, 2.45) is 0 Å². The second-order valence-electron chi connectivity index (χ2n) is 2.62. The fourth-order valence-corrected chi connectivity index (χ4v) is 1.01. The quantitative estimate of drug-likeness (QED) is 0.411. The minimum atomic E-state index is -1.80. The lowest BCUT2D eigenvalue weighted by atomic mass is 10.4. The average molecular weight is 267 g/mol. The Bertz CT molecular complexity index is 277. The first-order chi connectivity index (χ1) is 7.84. The lowest BCUT2D eigenvalue weighted by molar-refractivity contribution is -0.144. The number of hydrogen-bond donors (Lipinski definition) is 2. The van der Waals surface area contributed by atoms with Crippen LogP contribution in [0.1, 0.15) is 6.92 Å². The zero-order valence-electron chi connectivity index (χ0n) is 9.66. The van der Waals surface area contributed by atoms with E-state index in [1.807, 2.05) is 0 Å². The summed E-state index contributed by atoms with van der Waals surface area (Å²) in [6, 6.07) is 0. The Kier molecular flexibility index (Phi) is 11.9. The zero-order chi connectivity index (χ0) is 13.8. The van der Waals surface area contributed by atoms with Crippen molar-refractivity contribution in [3.63, 3.8) is 0 Å². The SMILES string of the molecule is C=CC(=O)OCCO.CC(O[P+](C)=O)C(=O)O. The van der Waals surface area contributed by atoms with Crippen LogP contribution in [-0.4, -0.2) is 48.1 Å². The van der Waals surface area contributed by atoms with E-state index >= 15 is 0 Å². The second-order valence-corrected chi connectivity index (χ2v) is 3.71. The van der Waals surface area contributed by atoms with Crippen LogP contribution >= 0.6 is 8.03 Å². The van der Waals surface area contributed by atoms with Crippen molar-refractivity contribution in [3.05, 3.63) is 12.7 Å². The molecule has 8 heteroatoms. The fourth-order valence-electron chi connectivity index (χ4n) is 0.473. The smallest absolute Gasteiger partial charge is 0.479 e. The molecule has 0 aliphatic rings. The predicted molar refractivity (Wildman–Crippen MR) is 60.0 cm³/mol. The van der Waals surface area contributed by atoms with Gasteiger partial charge < -0.3 is 14.9 Å². The third-order valence-electron chi connectivity index (χ3n) is 1.16. The minimum Gasteiger partial charge on any atom is -0.479 e. The maximum Gasteiger partial charge on any atom is 0.505 e. The van der Waals surface area contributed by atoms with E-state index in [9.17, 15) is 14.2 Å². The van der Waals surface area contributed by atoms with E-state index in [0.717, 1.165) is 6.08 Å². The van der Waals surface area contributed by atoms with Gasteiger partial charge in [-0.15, -0.1) is 4.52 Å². The maximum absolute atomic E-state index is 10.2. The normalized spacial score (nSPS) is 11.6. The Balaban J connectivity index is 0. The number of aliphatic carboxylic acids is 1. The van der Waals surface area contributed by atoms with Gasteiger partial charge in [-0.2, -0.15) is 0 Å². The first kappa shape index (κ1) is 18.1. The van der Waals surface area contributed by atoms with Gasteiger partial charge in [-0.3, -0.25) is 0 Å². The van der Waals surface area contributed by atoms with E-state index in [2.05, 4.69) is 15.8 Å². The second kappa shape index (κ2) is 11.2. The Labute approximate surface area is 99.9 Å². The van der Waals surface area contributed by atoms with E-state index in [0.29, 0.717) is 0 Å². The number of esters is 1. The number of aliphatic hydroxyl groups is 1. The highest BCUT2D eigenvalue weighted by Crippen LogP contribution is 2.17. The molecular formula is C9H16O7P+. The van der Waals surface area contributed by atoms with Crippen LogP contribution in [0.5, 0.6) is 0 Å². The van der Waals surface area contributed by atoms with Crippen LogP contribution in [0.15, 0.2) is 12.7 Å². The number of ether oxygens (including phenoxy) is 1. The molecule has 0 spiro atoms. The highest BCUT2D eigenvalue weighted by Gasteiger charge is 2.20. The molecule has 0 rings (SSSR count). The highest BCUT2D eigenvalue weighted by molar-refractivity contribution is 7.38. The van der Waals surface area contributed by atoms with Gasteiger partial charge >= 0.3 is 20.0 Å². The lowest BCUT2D eigenvalue weighted by Crippen LogP contribution is -2.16. The standard InChI is InChI=1S/C5H8O3.C4H7O4P/c1-2-5(7)8-4-3-6;1-3(4(5)6)8-9(2)7/h2,6H,1,3-4H2;3H,1-2H3/p+1. The van der Waals surface area contributed by atoms with Crippen molar-refractivity contribution in [1.82, 2.24) is 0 Å². The summed E-state index contributed by atoms with van der Waals surface area (Å²) in [5, 5.41) is 16.3. The number of aliphatic hydroxyl groups excluding tert-OH is 1. The summed E-state index contributed by atoms with van der Waals surface area (Å²) < 4.78 is 19.0. The summed E-state index contributed by atoms with van der Waals surface area (Å²) in [5.41, 5.74) is 0. The summed E-state index contributed by atoms with van der Waals surface area (Å²) in [5.74, 6) is -1.60. The molecule has 2 unspecified atom stereocenters. The van der Waals surface area contributed by atoms with Gasteiger partial charge in [0, 0.05) is 6.08 Å². The molecule has 0 aliphatic heterocycles. The van der Waals surface area contributed by atoms with Crippen LogP contribution < -0.4 is 0 Å². The Morgan fingerprint density at radius 1 is 1.53 bits per heavy atom. The molecule has 0 bridgehead atoms. The van der Waals surface area contributed by atoms with Crippen molar-refractivity contribution in [2.45, 2.75) is 13.0 Å². The van der Waals surface area contributed by atoms with Crippen molar-refractivity contribution >= 4 is 20.0 Å². The summed E-state index contributed by atoms with van der Waals surface area (Å²) in [7, 11) is -1.80. The van der Waals surface area contributed by atoms with E-state index in [-0.39, 0.29) is 13.2 Å². The molecule has 0 aromatic heterocycles. The maximum atomic E-state index is 10.2. The van der Waals surface area contributed by atoms with E-state index in [1.54, 1.807) is 0 Å². The fraction of sp³-hybridized carbons (Fsp3) is 0.556. The van der Waals surface area contributed by atoms with Gasteiger partial charge in [-0.25, -0.2) is 9.59 Å². The first-order valence-corrected chi connectivity index (χ1v) is 6.18. The van der Waals surface area contributed by atoms with E-state index in [1.165, 1.54) is 13.6 Å². The topological polar surface area (TPSA) is 110 Å².